The predicted molar refractivity (Wildman–Crippen MR) is 87.4 cm³/mol. The third kappa shape index (κ3) is 2.66. The fourth-order valence-electron chi connectivity index (χ4n) is 3.00. The van der Waals surface area contributed by atoms with Crippen molar-refractivity contribution in [3.63, 3.8) is 0 Å². The Morgan fingerprint density at radius 1 is 1.00 bits per heavy atom. The summed E-state index contributed by atoms with van der Waals surface area (Å²) in [5, 5.41) is 0. The van der Waals surface area contributed by atoms with Gasteiger partial charge in [0.2, 0.25) is 0 Å². The number of ketones is 1. The number of fused-ring (bicyclic) bond motifs is 2. The topological polar surface area (TPSA) is 54.0 Å². The van der Waals surface area contributed by atoms with E-state index in [2.05, 4.69) is 0 Å². The van der Waals surface area contributed by atoms with E-state index in [9.17, 15) is 4.79 Å². The van der Waals surface area contributed by atoms with Crippen LogP contribution < -0.4 is 18.9 Å². The van der Waals surface area contributed by atoms with Gasteiger partial charge >= 0.3 is 0 Å². The molecule has 2 aliphatic rings. The van der Waals surface area contributed by atoms with Crippen LogP contribution in [-0.4, -0.2) is 26.1 Å². The van der Waals surface area contributed by atoms with Crippen LogP contribution in [0.1, 0.15) is 34.9 Å². The van der Waals surface area contributed by atoms with E-state index in [4.69, 9.17) is 18.9 Å². The number of carbonyl (C=O) groups excluding carboxylic acids is 1. The Bertz CT molecular complexity index is 783. The highest BCUT2D eigenvalue weighted by molar-refractivity contribution is 6.00. The molecule has 2 aromatic carbocycles. The van der Waals surface area contributed by atoms with Crippen LogP contribution in [0.5, 0.6) is 23.0 Å². The standard InChI is InChI=1S/C19H18O5/c1-21-13-4-6-16-14(10-13)15(20)11-18(24-16)12-3-5-17-19(9-12)23-8-2-7-22-17/h3-6,9-10,18H,2,7-8,11H2,1H3/t18-/m0/s1. The van der Waals surface area contributed by atoms with E-state index in [-0.39, 0.29) is 11.9 Å². The average Bonchev–Trinajstić information content (AvgIpc) is 2.86. The van der Waals surface area contributed by atoms with Crippen molar-refractivity contribution in [1.82, 2.24) is 0 Å². The monoisotopic (exact) mass is 326 g/mol. The zero-order valence-electron chi connectivity index (χ0n) is 13.4. The third-order valence-electron chi connectivity index (χ3n) is 4.27. The molecule has 2 heterocycles. The molecule has 2 aromatic rings. The molecule has 0 aromatic heterocycles. The Kier molecular flexibility index (Phi) is 3.76. The van der Waals surface area contributed by atoms with Gasteiger partial charge in [0.15, 0.2) is 17.3 Å². The van der Waals surface area contributed by atoms with Gasteiger partial charge in [0.05, 0.1) is 32.3 Å². The van der Waals surface area contributed by atoms with Gasteiger partial charge in [-0.3, -0.25) is 4.79 Å². The lowest BCUT2D eigenvalue weighted by Crippen LogP contribution is -2.20. The van der Waals surface area contributed by atoms with Crippen molar-refractivity contribution in [2.75, 3.05) is 20.3 Å². The highest BCUT2D eigenvalue weighted by Gasteiger charge is 2.29. The average molecular weight is 326 g/mol. The van der Waals surface area contributed by atoms with Crippen LogP contribution in [0.2, 0.25) is 0 Å². The minimum atomic E-state index is -0.324. The summed E-state index contributed by atoms with van der Waals surface area (Å²) < 4.78 is 22.6. The van der Waals surface area contributed by atoms with E-state index in [1.165, 1.54) is 0 Å². The van der Waals surface area contributed by atoms with Crippen LogP contribution in [0, 0.1) is 0 Å². The minimum Gasteiger partial charge on any atom is -0.497 e. The molecule has 4 rings (SSSR count). The Hall–Kier alpha value is -2.69. The van der Waals surface area contributed by atoms with Crippen LogP contribution in [0.25, 0.3) is 0 Å². The molecule has 0 saturated heterocycles. The highest BCUT2D eigenvalue weighted by atomic mass is 16.5. The van der Waals surface area contributed by atoms with Crippen molar-refractivity contribution in [3.8, 4) is 23.0 Å². The Morgan fingerprint density at radius 3 is 2.62 bits per heavy atom. The summed E-state index contributed by atoms with van der Waals surface area (Å²) in [6, 6.07) is 11.0. The lowest BCUT2D eigenvalue weighted by atomic mass is 9.96. The van der Waals surface area contributed by atoms with E-state index in [1.54, 1.807) is 25.3 Å². The van der Waals surface area contributed by atoms with Crippen molar-refractivity contribution in [1.29, 1.82) is 0 Å². The first kappa shape index (κ1) is 14.9. The first-order valence-electron chi connectivity index (χ1n) is 8.02. The first-order chi connectivity index (χ1) is 11.7. The molecule has 24 heavy (non-hydrogen) atoms. The molecular weight excluding hydrogens is 308 g/mol. The largest absolute Gasteiger partial charge is 0.497 e. The number of ether oxygens (including phenoxy) is 4. The van der Waals surface area contributed by atoms with Gasteiger partial charge in [-0.15, -0.1) is 0 Å². The number of Topliss-reactive ketones (excluding diaryl/α,β-unsaturated/α-hetero) is 1. The second-order valence-electron chi connectivity index (χ2n) is 5.85. The van der Waals surface area contributed by atoms with Gasteiger partial charge in [0, 0.05) is 6.42 Å². The predicted octanol–water partition coefficient (Wildman–Crippen LogP) is 3.56. The first-order valence-corrected chi connectivity index (χ1v) is 8.02. The van der Waals surface area contributed by atoms with E-state index in [1.807, 2.05) is 18.2 Å². The Morgan fingerprint density at radius 2 is 1.79 bits per heavy atom. The fourth-order valence-corrected chi connectivity index (χ4v) is 3.00. The van der Waals surface area contributed by atoms with E-state index in [0.717, 1.165) is 17.7 Å². The van der Waals surface area contributed by atoms with Crippen LogP contribution in [0.15, 0.2) is 36.4 Å². The van der Waals surface area contributed by atoms with Gasteiger partial charge in [-0.1, -0.05) is 6.07 Å². The van der Waals surface area contributed by atoms with E-state index >= 15 is 0 Å². The normalized spacial score (nSPS) is 19.0. The molecule has 0 N–H and O–H groups in total. The SMILES string of the molecule is COc1ccc2c(c1)C(=O)C[C@@H](c1ccc3c(c1)OCCCO3)O2. The van der Waals surface area contributed by atoms with Gasteiger partial charge in [-0.05, 0) is 35.9 Å². The number of hydrogen-bond acceptors (Lipinski definition) is 5. The third-order valence-corrected chi connectivity index (χ3v) is 4.27. The zero-order chi connectivity index (χ0) is 16.5. The number of hydrogen-bond donors (Lipinski definition) is 0. The van der Waals surface area contributed by atoms with Crippen molar-refractivity contribution >= 4 is 5.78 Å². The molecule has 2 aliphatic heterocycles. The van der Waals surface area contributed by atoms with E-state index < -0.39 is 0 Å². The summed E-state index contributed by atoms with van der Waals surface area (Å²) in [5.74, 6) is 2.74. The van der Waals surface area contributed by atoms with E-state index in [0.29, 0.717) is 42.4 Å². The number of benzene rings is 2. The molecule has 0 amide bonds. The summed E-state index contributed by atoms with van der Waals surface area (Å²) in [7, 11) is 1.58. The minimum absolute atomic E-state index is 0.0484. The summed E-state index contributed by atoms with van der Waals surface area (Å²) in [6.07, 6.45) is 0.827. The molecule has 0 radical (unpaired) electrons. The molecular formula is C19H18O5. The lowest BCUT2D eigenvalue weighted by molar-refractivity contribution is 0.0849. The lowest BCUT2D eigenvalue weighted by Gasteiger charge is -2.26. The Balaban J connectivity index is 1.64. The molecule has 0 bridgehead atoms. The summed E-state index contributed by atoms with van der Waals surface area (Å²) >= 11 is 0. The van der Waals surface area contributed by atoms with Crippen LogP contribution in [-0.2, 0) is 0 Å². The summed E-state index contributed by atoms with van der Waals surface area (Å²) in [6.45, 7) is 1.28. The maximum atomic E-state index is 12.5. The van der Waals surface area contributed by atoms with Crippen molar-refractivity contribution in [2.45, 2.75) is 18.9 Å². The molecule has 5 heteroatoms. The molecule has 0 unspecified atom stereocenters. The maximum Gasteiger partial charge on any atom is 0.170 e. The summed E-state index contributed by atoms with van der Waals surface area (Å²) in [5.41, 5.74) is 1.48. The van der Waals surface area contributed by atoms with Gasteiger partial charge in [0.25, 0.3) is 0 Å². The second-order valence-corrected chi connectivity index (χ2v) is 5.85. The molecule has 0 aliphatic carbocycles. The molecule has 124 valence electrons. The van der Waals surface area contributed by atoms with Crippen LogP contribution in [0.4, 0.5) is 0 Å². The van der Waals surface area contributed by atoms with Crippen LogP contribution >= 0.6 is 0 Å². The quantitative estimate of drug-likeness (QED) is 0.844. The van der Waals surface area contributed by atoms with Gasteiger partial charge in [-0.2, -0.15) is 0 Å². The second kappa shape index (κ2) is 6.07. The van der Waals surface area contributed by atoms with Gasteiger partial charge in [-0.25, -0.2) is 0 Å². The van der Waals surface area contributed by atoms with Crippen molar-refractivity contribution in [2.24, 2.45) is 0 Å². The number of methoxy groups -OCH3 is 1. The zero-order valence-corrected chi connectivity index (χ0v) is 13.4. The molecule has 0 fully saturated rings. The highest BCUT2D eigenvalue weighted by Crippen LogP contribution is 2.39. The van der Waals surface area contributed by atoms with Gasteiger partial charge < -0.3 is 18.9 Å². The molecule has 1 atom stereocenters. The van der Waals surface area contributed by atoms with Crippen molar-refractivity contribution in [3.05, 3.63) is 47.5 Å². The van der Waals surface area contributed by atoms with Gasteiger partial charge in [0.1, 0.15) is 17.6 Å². The molecule has 5 nitrogen and oxygen atoms in total. The molecule has 0 saturated carbocycles. The molecule has 0 spiro atoms. The fraction of sp³-hybridized carbons (Fsp3) is 0.316. The van der Waals surface area contributed by atoms with Crippen LogP contribution in [0.3, 0.4) is 0 Å². The smallest absolute Gasteiger partial charge is 0.170 e. The van der Waals surface area contributed by atoms with Crippen molar-refractivity contribution < 1.29 is 23.7 Å². The Labute approximate surface area is 140 Å². The maximum absolute atomic E-state index is 12.5. The number of carbonyl (C=O) groups is 1. The number of rotatable bonds is 2. The summed E-state index contributed by atoms with van der Waals surface area (Å²) in [4.78, 5) is 12.5.